The normalized spacial score (nSPS) is 12.4. The summed E-state index contributed by atoms with van der Waals surface area (Å²) in [4.78, 5) is 6.38. The van der Waals surface area contributed by atoms with E-state index in [2.05, 4.69) is 24.0 Å². The van der Waals surface area contributed by atoms with Gasteiger partial charge in [-0.3, -0.25) is 0 Å². The molecule has 1 heterocycles. The third-order valence-electron chi connectivity index (χ3n) is 2.80. The highest BCUT2D eigenvalue weighted by Gasteiger charge is 2.18. The van der Waals surface area contributed by atoms with E-state index in [1.54, 1.807) is 0 Å². The van der Waals surface area contributed by atoms with Gasteiger partial charge >= 0.3 is 0 Å². The maximum absolute atomic E-state index is 5.59. The summed E-state index contributed by atoms with van der Waals surface area (Å²) in [7, 11) is 3.97. The van der Waals surface area contributed by atoms with Gasteiger partial charge in [0, 0.05) is 6.42 Å². The third kappa shape index (κ3) is 5.28. The van der Waals surface area contributed by atoms with Crippen molar-refractivity contribution in [3.05, 3.63) is 11.7 Å². The van der Waals surface area contributed by atoms with Gasteiger partial charge in [0.05, 0.1) is 6.54 Å². The first-order chi connectivity index (χ1) is 7.93. The summed E-state index contributed by atoms with van der Waals surface area (Å²) in [5, 5.41) is 3.95. The van der Waals surface area contributed by atoms with Crippen LogP contribution in [-0.2, 0) is 13.0 Å². The smallest absolute Gasteiger partial charge is 0.226 e. The Morgan fingerprint density at radius 2 is 2.00 bits per heavy atom. The lowest BCUT2D eigenvalue weighted by atomic mass is 9.84. The molecular formula is C12H24N4O. The largest absolute Gasteiger partial charge is 0.339 e. The zero-order valence-corrected chi connectivity index (χ0v) is 11.4. The number of nitrogens with two attached hydrogens (primary N) is 1. The fourth-order valence-corrected chi connectivity index (χ4v) is 1.70. The van der Waals surface area contributed by atoms with E-state index in [4.69, 9.17) is 10.3 Å². The molecule has 98 valence electrons. The topological polar surface area (TPSA) is 68.2 Å². The van der Waals surface area contributed by atoms with Crippen molar-refractivity contribution in [2.24, 2.45) is 11.1 Å². The van der Waals surface area contributed by atoms with Crippen LogP contribution in [0.4, 0.5) is 0 Å². The molecule has 17 heavy (non-hydrogen) atoms. The predicted octanol–water partition coefficient (Wildman–Crippen LogP) is 1.44. The Hall–Kier alpha value is -0.940. The molecule has 0 saturated carbocycles. The molecule has 0 atom stereocenters. The summed E-state index contributed by atoms with van der Waals surface area (Å²) < 4.78 is 5.22. The SMILES string of the molecule is CN(C)Cc1noc(CCC(C)(C)CCN)n1. The fourth-order valence-electron chi connectivity index (χ4n) is 1.70. The minimum atomic E-state index is 0.241. The molecule has 0 amide bonds. The van der Waals surface area contributed by atoms with E-state index in [1.165, 1.54) is 0 Å². The minimum Gasteiger partial charge on any atom is -0.339 e. The molecule has 0 spiro atoms. The van der Waals surface area contributed by atoms with Crippen LogP contribution in [0.25, 0.3) is 0 Å². The van der Waals surface area contributed by atoms with Crippen LogP contribution >= 0.6 is 0 Å². The fraction of sp³-hybridized carbons (Fsp3) is 0.833. The molecule has 0 aliphatic carbocycles. The highest BCUT2D eigenvalue weighted by Crippen LogP contribution is 2.25. The molecule has 1 aromatic rings. The van der Waals surface area contributed by atoms with Gasteiger partial charge in [-0.1, -0.05) is 19.0 Å². The van der Waals surface area contributed by atoms with Crippen LogP contribution in [-0.4, -0.2) is 35.7 Å². The van der Waals surface area contributed by atoms with Crippen molar-refractivity contribution < 1.29 is 4.52 Å². The van der Waals surface area contributed by atoms with Crippen molar-refractivity contribution in [2.75, 3.05) is 20.6 Å². The second kappa shape index (κ2) is 6.12. The van der Waals surface area contributed by atoms with E-state index in [0.29, 0.717) is 0 Å². The summed E-state index contributed by atoms with van der Waals surface area (Å²) in [6.07, 6.45) is 2.87. The molecule has 0 aromatic carbocycles. The maximum Gasteiger partial charge on any atom is 0.226 e. The van der Waals surface area contributed by atoms with Crippen molar-refractivity contribution in [3.63, 3.8) is 0 Å². The quantitative estimate of drug-likeness (QED) is 0.781. The number of aryl methyl sites for hydroxylation is 1. The van der Waals surface area contributed by atoms with Crippen LogP contribution in [0.1, 0.15) is 38.4 Å². The molecule has 0 saturated heterocycles. The Bertz CT molecular complexity index is 333. The monoisotopic (exact) mass is 240 g/mol. The molecule has 5 heteroatoms. The number of nitrogens with zero attached hydrogens (tertiary/aromatic N) is 3. The van der Waals surface area contributed by atoms with Crippen LogP contribution in [0.2, 0.25) is 0 Å². The van der Waals surface area contributed by atoms with Crippen molar-refractivity contribution in [1.29, 1.82) is 0 Å². The first-order valence-electron chi connectivity index (χ1n) is 6.09. The highest BCUT2D eigenvalue weighted by molar-refractivity contribution is 4.87. The van der Waals surface area contributed by atoms with Crippen molar-refractivity contribution >= 4 is 0 Å². The lowest BCUT2D eigenvalue weighted by molar-refractivity contribution is 0.287. The van der Waals surface area contributed by atoms with E-state index >= 15 is 0 Å². The Morgan fingerprint density at radius 1 is 1.29 bits per heavy atom. The molecule has 0 aliphatic rings. The van der Waals surface area contributed by atoms with Gasteiger partial charge in [-0.05, 0) is 38.9 Å². The number of hydrogen-bond donors (Lipinski definition) is 1. The number of aromatic nitrogens is 2. The zero-order chi connectivity index (χ0) is 12.9. The maximum atomic E-state index is 5.59. The van der Waals surface area contributed by atoms with Crippen molar-refractivity contribution in [3.8, 4) is 0 Å². The first kappa shape index (κ1) is 14.1. The summed E-state index contributed by atoms with van der Waals surface area (Å²) in [6.45, 7) is 5.88. The average molecular weight is 240 g/mol. The van der Waals surface area contributed by atoms with E-state index in [1.807, 2.05) is 19.0 Å². The second-order valence-electron chi connectivity index (χ2n) is 5.55. The molecule has 2 N–H and O–H groups in total. The molecule has 1 rings (SSSR count). The first-order valence-corrected chi connectivity index (χ1v) is 6.09. The zero-order valence-electron chi connectivity index (χ0n) is 11.4. The number of rotatable bonds is 7. The van der Waals surface area contributed by atoms with Crippen LogP contribution in [0.5, 0.6) is 0 Å². The molecule has 0 radical (unpaired) electrons. The molecule has 5 nitrogen and oxygen atoms in total. The lowest BCUT2D eigenvalue weighted by Gasteiger charge is -2.22. The van der Waals surface area contributed by atoms with Crippen molar-refractivity contribution in [1.82, 2.24) is 15.0 Å². The Labute approximate surface area is 103 Å². The van der Waals surface area contributed by atoms with Crippen LogP contribution in [0.15, 0.2) is 4.52 Å². The molecule has 0 bridgehead atoms. The van der Waals surface area contributed by atoms with Gasteiger partial charge in [-0.15, -0.1) is 0 Å². The summed E-state index contributed by atoms with van der Waals surface area (Å²) >= 11 is 0. The van der Waals surface area contributed by atoms with E-state index in [-0.39, 0.29) is 5.41 Å². The van der Waals surface area contributed by atoms with Gasteiger partial charge in [0.2, 0.25) is 5.89 Å². The third-order valence-corrected chi connectivity index (χ3v) is 2.80. The lowest BCUT2D eigenvalue weighted by Crippen LogP contribution is -2.18. The summed E-state index contributed by atoms with van der Waals surface area (Å²) in [5.41, 5.74) is 5.83. The van der Waals surface area contributed by atoms with Gasteiger partial charge in [0.25, 0.3) is 0 Å². The van der Waals surface area contributed by atoms with Gasteiger partial charge in [0.15, 0.2) is 5.82 Å². The van der Waals surface area contributed by atoms with Crippen LogP contribution < -0.4 is 5.73 Å². The van der Waals surface area contributed by atoms with Crippen LogP contribution in [0, 0.1) is 5.41 Å². The van der Waals surface area contributed by atoms with E-state index in [0.717, 1.165) is 44.1 Å². The molecule has 0 aliphatic heterocycles. The van der Waals surface area contributed by atoms with E-state index < -0.39 is 0 Å². The summed E-state index contributed by atoms with van der Waals surface area (Å²) in [6, 6.07) is 0. The van der Waals surface area contributed by atoms with Gasteiger partial charge in [-0.2, -0.15) is 4.98 Å². The summed E-state index contributed by atoms with van der Waals surface area (Å²) in [5.74, 6) is 1.48. The van der Waals surface area contributed by atoms with Crippen LogP contribution in [0.3, 0.4) is 0 Å². The Balaban J connectivity index is 2.44. The van der Waals surface area contributed by atoms with E-state index in [9.17, 15) is 0 Å². The minimum absolute atomic E-state index is 0.241. The highest BCUT2D eigenvalue weighted by atomic mass is 16.5. The van der Waals surface area contributed by atoms with Gasteiger partial charge in [0.1, 0.15) is 0 Å². The van der Waals surface area contributed by atoms with Gasteiger partial charge in [-0.25, -0.2) is 0 Å². The number of hydrogen-bond acceptors (Lipinski definition) is 5. The van der Waals surface area contributed by atoms with Crippen molar-refractivity contribution in [2.45, 2.75) is 39.7 Å². The molecular weight excluding hydrogens is 216 g/mol. The Kier molecular flexibility index (Phi) is 5.08. The average Bonchev–Trinajstić information content (AvgIpc) is 2.62. The molecule has 0 unspecified atom stereocenters. The Morgan fingerprint density at radius 3 is 2.59 bits per heavy atom. The molecule has 0 fully saturated rings. The standard InChI is InChI=1S/C12H24N4O/c1-12(2,7-8-13)6-5-11-14-10(15-17-11)9-16(3)4/h5-9,13H2,1-4H3. The second-order valence-corrected chi connectivity index (χ2v) is 5.55. The molecule has 1 aromatic heterocycles. The van der Waals surface area contributed by atoms with Gasteiger partial charge < -0.3 is 15.2 Å². The predicted molar refractivity (Wildman–Crippen MR) is 67.5 cm³/mol.